The lowest BCUT2D eigenvalue weighted by Crippen LogP contribution is -2.49. The van der Waals surface area contributed by atoms with E-state index < -0.39 is 5.54 Å². The van der Waals surface area contributed by atoms with E-state index in [1.165, 1.54) is 5.56 Å². The third kappa shape index (κ3) is 3.76. The van der Waals surface area contributed by atoms with Crippen LogP contribution in [0, 0.1) is 6.92 Å². The van der Waals surface area contributed by atoms with Crippen LogP contribution in [0.5, 0.6) is 0 Å². The molecule has 116 valence electrons. The van der Waals surface area contributed by atoms with Crippen LogP contribution in [0.2, 0.25) is 0 Å². The third-order valence-corrected chi connectivity index (χ3v) is 4.27. The van der Waals surface area contributed by atoms with Gasteiger partial charge < -0.3 is 10.6 Å². The molecule has 2 aromatic rings. The van der Waals surface area contributed by atoms with Gasteiger partial charge in [0.2, 0.25) is 5.91 Å². The van der Waals surface area contributed by atoms with Crippen LogP contribution in [0.3, 0.4) is 0 Å². The zero-order valence-corrected chi connectivity index (χ0v) is 14.7. The van der Waals surface area contributed by atoms with E-state index in [0.29, 0.717) is 6.54 Å². The summed E-state index contributed by atoms with van der Waals surface area (Å²) in [5.41, 5.74) is 8.35. The molecule has 0 spiro atoms. The van der Waals surface area contributed by atoms with Crippen molar-refractivity contribution >= 4 is 21.8 Å². The van der Waals surface area contributed by atoms with Gasteiger partial charge in [-0.25, -0.2) is 0 Å². The molecule has 0 bridgehead atoms. The molecule has 0 heterocycles. The number of benzene rings is 2. The highest BCUT2D eigenvalue weighted by molar-refractivity contribution is 9.10. The molecule has 1 atom stereocenters. The number of nitrogens with two attached hydrogens (primary N) is 1. The molecule has 0 saturated heterocycles. The van der Waals surface area contributed by atoms with E-state index in [-0.39, 0.29) is 5.91 Å². The molecule has 1 amide bonds. The first kappa shape index (κ1) is 16.7. The van der Waals surface area contributed by atoms with E-state index in [1.54, 1.807) is 18.9 Å². The molecule has 2 N–H and O–H groups in total. The van der Waals surface area contributed by atoms with Gasteiger partial charge in [-0.1, -0.05) is 57.9 Å². The van der Waals surface area contributed by atoms with E-state index >= 15 is 0 Å². The number of aryl methyl sites for hydroxylation is 1. The van der Waals surface area contributed by atoms with Gasteiger partial charge in [0.15, 0.2) is 0 Å². The number of amides is 1. The average Bonchev–Trinajstić information content (AvgIpc) is 2.46. The highest BCUT2D eigenvalue weighted by Crippen LogP contribution is 2.23. The van der Waals surface area contributed by atoms with Crippen LogP contribution in [-0.4, -0.2) is 17.9 Å². The second-order valence-electron chi connectivity index (χ2n) is 5.86. The Morgan fingerprint density at radius 2 is 1.86 bits per heavy atom. The molecule has 0 aliphatic heterocycles. The number of rotatable bonds is 4. The minimum atomic E-state index is -1.04. The van der Waals surface area contributed by atoms with Gasteiger partial charge in [-0.3, -0.25) is 4.79 Å². The summed E-state index contributed by atoms with van der Waals surface area (Å²) < 4.78 is 0.965. The Morgan fingerprint density at radius 1 is 1.23 bits per heavy atom. The molecule has 0 radical (unpaired) electrons. The van der Waals surface area contributed by atoms with Gasteiger partial charge >= 0.3 is 0 Å². The Balaban J connectivity index is 2.16. The quantitative estimate of drug-likeness (QED) is 0.905. The first-order valence-electron chi connectivity index (χ1n) is 7.17. The van der Waals surface area contributed by atoms with E-state index in [9.17, 15) is 4.79 Å². The van der Waals surface area contributed by atoms with Gasteiger partial charge in [0, 0.05) is 18.1 Å². The molecule has 2 aromatic carbocycles. The zero-order valence-electron chi connectivity index (χ0n) is 13.1. The maximum atomic E-state index is 12.7. The highest BCUT2D eigenvalue weighted by atomic mass is 79.9. The fourth-order valence-electron chi connectivity index (χ4n) is 2.47. The van der Waals surface area contributed by atoms with Crippen molar-refractivity contribution in [3.8, 4) is 0 Å². The Labute approximate surface area is 140 Å². The second-order valence-corrected chi connectivity index (χ2v) is 6.78. The summed E-state index contributed by atoms with van der Waals surface area (Å²) in [7, 11) is 1.79. The van der Waals surface area contributed by atoms with Crippen molar-refractivity contribution < 1.29 is 4.79 Å². The van der Waals surface area contributed by atoms with E-state index in [0.717, 1.165) is 15.6 Å². The molecule has 0 aliphatic carbocycles. The second kappa shape index (κ2) is 6.63. The third-order valence-electron chi connectivity index (χ3n) is 3.74. The molecular formula is C18H21BrN2O. The van der Waals surface area contributed by atoms with E-state index in [2.05, 4.69) is 22.0 Å². The molecular weight excluding hydrogens is 340 g/mol. The number of carbonyl (C=O) groups excluding carboxylic acids is 1. The SMILES string of the molecule is Cc1cccc(CN(C)C(=O)C(C)(N)c2ccc(Br)cc2)c1. The van der Waals surface area contributed by atoms with Gasteiger partial charge in [0.05, 0.1) is 0 Å². The summed E-state index contributed by atoms with van der Waals surface area (Å²) in [6.07, 6.45) is 0. The van der Waals surface area contributed by atoms with Crippen molar-refractivity contribution in [3.63, 3.8) is 0 Å². The topological polar surface area (TPSA) is 46.3 Å². The number of nitrogens with zero attached hydrogens (tertiary/aromatic N) is 1. The minimum absolute atomic E-state index is 0.101. The van der Waals surface area contributed by atoms with Gasteiger partial charge in [-0.2, -0.15) is 0 Å². The predicted octanol–water partition coefficient (Wildman–Crippen LogP) is 3.59. The minimum Gasteiger partial charge on any atom is -0.340 e. The standard InChI is InChI=1S/C18H21BrN2O/c1-13-5-4-6-14(11-13)12-21(3)17(22)18(2,20)15-7-9-16(19)10-8-15/h4-11H,12,20H2,1-3H3. The molecule has 3 nitrogen and oxygen atoms in total. The smallest absolute Gasteiger partial charge is 0.247 e. The maximum absolute atomic E-state index is 12.7. The van der Waals surface area contributed by atoms with Gasteiger partial charge in [0.25, 0.3) is 0 Å². The Hall–Kier alpha value is -1.65. The van der Waals surface area contributed by atoms with Crippen molar-refractivity contribution in [3.05, 3.63) is 69.7 Å². The summed E-state index contributed by atoms with van der Waals surface area (Å²) in [6, 6.07) is 15.7. The van der Waals surface area contributed by atoms with Crippen molar-refractivity contribution in [2.75, 3.05) is 7.05 Å². The molecule has 0 aromatic heterocycles. The summed E-state index contributed by atoms with van der Waals surface area (Å²) in [5.74, 6) is -0.101. The average molecular weight is 361 g/mol. The lowest BCUT2D eigenvalue weighted by Gasteiger charge is -2.30. The maximum Gasteiger partial charge on any atom is 0.247 e. The summed E-state index contributed by atoms with van der Waals surface area (Å²) >= 11 is 3.39. The Kier molecular flexibility index (Phi) is 5.04. The number of likely N-dealkylation sites (N-methyl/N-ethyl adjacent to an activating group) is 1. The largest absolute Gasteiger partial charge is 0.340 e. The first-order chi connectivity index (χ1) is 10.3. The molecule has 0 saturated carbocycles. The van der Waals surface area contributed by atoms with Gasteiger partial charge in [-0.15, -0.1) is 0 Å². The summed E-state index contributed by atoms with van der Waals surface area (Å²) in [4.78, 5) is 14.4. The number of hydrogen-bond acceptors (Lipinski definition) is 2. The monoisotopic (exact) mass is 360 g/mol. The van der Waals surface area contributed by atoms with Crippen molar-refractivity contribution in [1.29, 1.82) is 0 Å². The van der Waals surface area contributed by atoms with Crippen molar-refractivity contribution in [1.82, 2.24) is 4.90 Å². The first-order valence-corrected chi connectivity index (χ1v) is 7.96. The Morgan fingerprint density at radius 3 is 2.45 bits per heavy atom. The molecule has 4 heteroatoms. The van der Waals surface area contributed by atoms with E-state index in [1.807, 2.05) is 49.4 Å². The highest BCUT2D eigenvalue weighted by Gasteiger charge is 2.33. The normalized spacial score (nSPS) is 13.5. The lowest BCUT2D eigenvalue weighted by molar-refractivity contribution is -0.136. The molecule has 2 rings (SSSR count). The molecule has 1 unspecified atom stereocenters. The summed E-state index contributed by atoms with van der Waals surface area (Å²) in [5, 5.41) is 0. The van der Waals surface area contributed by atoms with Crippen LogP contribution in [0.25, 0.3) is 0 Å². The van der Waals surface area contributed by atoms with Crippen LogP contribution < -0.4 is 5.73 Å². The number of carbonyl (C=O) groups is 1. The van der Waals surface area contributed by atoms with Gasteiger partial charge in [0.1, 0.15) is 5.54 Å². The lowest BCUT2D eigenvalue weighted by atomic mass is 9.91. The zero-order chi connectivity index (χ0) is 16.3. The van der Waals surface area contributed by atoms with Crippen LogP contribution in [0.1, 0.15) is 23.6 Å². The number of hydrogen-bond donors (Lipinski definition) is 1. The molecule has 0 fully saturated rings. The van der Waals surface area contributed by atoms with Crippen LogP contribution in [-0.2, 0) is 16.9 Å². The van der Waals surface area contributed by atoms with Crippen LogP contribution >= 0.6 is 15.9 Å². The van der Waals surface area contributed by atoms with Gasteiger partial charge in [-0.05, 0) is 37.1 Å². The fraction of sp³-hybridized carbons (Fsp3) is 0.278. The summed E-state index contributed by atoms with van der Waals surface area (Å²) in [6.45, 7) is 4.34. The fourth-order valence-corrected chi connectivity index (χ4v) is 2.74. The number of halogens is 1. The molecule has 0 aliphatic rings. The predicted molar refractivity (Wildman–Crippen MR) is 93.3 cm³/mol. The van der Waals surface area contributed by atoms with E-state index in [4.69, 9.17) is 5.73 Å². The van der Waals surface area contributed by atoms with Crippen LogP contribution in [0.4, 0.5) is 0 Å². The van der Waals surface area contributed by atoms with Crippen molar-refractivity contribution in [2.24, 2.45) is 5.73 Å². The van der Waals surface area contributed by atoms with Crippen molar-refractivity contribution in [2.45, 2.75) is 25.9 Å². The van der Waals surface area contributed by atoms with Crippen LogP contribution in [0.15, 0.2) is 53.0 Å². The Bertz CT molecular complexity index is 665. The molecule has 22 heavy (non-hydrogen) atoms.